The summed E-state index contributed by atoms with van der Waals surface area (Å²) in [5.41, 5.74) is 1.30. The minimum atomic E-state index is -4.65. The minimum absolute atomic E-state index is 0.0920. The van der Waals surface area contributed by atoms with Crippen molar-refractivity contribution in [3.05, 3.63) is 58.6 Å². The Kier molecular flexibility index (Phi) is 7.19. The maximum Gasteiger partial charge on any atom is 0.451 e. The highest BCUT2D eigenvalue weighted by Gasteiger charge is 2.44. The Morgan fingerprint density at radius 1 is 1.10 bits per heavy atom. The molecule has 2 fully saturated rings. The Labute approximate surface area is 226 Å². The third-order valence-corrected chi connectivity index (χ3v) is 7.99. The second-order valence-corrected chi connectivity index (χ2v) is 11.1. The number of ether oxygens (including phenoxy) is 1. The van der Waals surface area contributed by atoms with Crippen LogP contribution in [0.2, 0.25) is 0 Å². The van der Waals surface area contributed by atoms with Gasteiger partial charge in [-0.2, -0.15) is 13.2 Å². The summed E-state index contributed by atoms with van der Waals surface area (Å²) in [7, 11) is 0. The highest BCUT2D eigenvalue weighted by molar-refractivity contribution is 7.14. The fourth-order valence-corrected chi connectivity index (χ4v) is 5.96. The molecule has 2 aromatic heterocycles. The van der Waals surface area contributed by atoms with Gasteiger partial charge in [-0.3, -0.25) is 4.79 Å². The number of aryl methyl sites for hydroxylation is 1. The number of carboxylic acid groups (broad SMARTS) is 1. The van der Waals surface area contributed by atoms with Crippen LogP contribution < -0.4 is 10.1 Å². The van der Waals surface area contributed by atoms with Crippen molar-refractivity contribution in [2.45, 2.75) is 69.9 Å². The number of nitrogens with one attached hydrogen (secondary N) is 1. The molecule has 2 N–H and O–H groups in total. The second kappa shape index (κ2) is 10.4. The lowest BCUT2D eigenvalue weighted by Crippen LogP contribution is -2.48. The van der Waals surface area contributed by atoms with Crippen LogP contribution in [0.3, 0.4) is 0 Å². The topological polar surface area (TPSA) is 118 Å². The molecule has 0 unspecified atom stereocenters. The summed E-state index contributed by atoms with van der Waals surface area (Å²) in [6, 6.07) is 4.27. The quantitative estimate of drug-likeness (QED) is 0.410. The van der Waals surface area contributed by atoms with E-state index in [0.29, 0.717) is 40.3 Å². The SMILES string of the molecule is Cc1cnc(-c2cc(O[C@H]3C[C@H]4CC[C@@H](C3)N4C(=O)O)cc(C(=O)N[C@H](C)c3cnc(C(F)(F)F)nc3)c2)s1. The van der Waals surface area contributed by atoms with Gasteiger partial charge in [0.15, 0.2) is 0 Å². The molecule has 0 aliphatic carbocycles. The first-order chi connectivity index (χ1) is 18.5. The molecule has 0 spiro atoms. The van der Waals surface area contributed by atoms with Crippen LogP contribution in [-0.2, 0) is 6.18 Å². The van der Waals surface area contributed by atoms with Crippen molar-refractivity contribution in [3.8, 4) is 16.3 Å². The summed E-state index contributed by atoms with van der Waals surface area (Å²) in [6.07, 6.45) is 0.788. The molecule has 3 aromatic rings. The molecule has 2 aliphatic heterocycles. The lowest BCUT2D eigenvalue weighted by Gasteiger charge is -2.37. The maximum atomic E-state index is 13.2. The highest BCUT2D eigenvalue weighted by Crippen LogP contribution is 2.38. The van der Waals surface area contributed by atoms with Crippen LogP contribution >= 0.6 is 11.3 Å². The molecule has 2 amide bonds. The number of aromatic nitrogens is 3. The number of rotatable bonds is 6. The lowest BCUT2D eigenvalue weighted by molar-refractivity contribution is -0.145. The van der Waals surface area contributed by atoms with Gasteiger partial charge < -0.3 is 20.1 Å². The zero-order chi connectivity index (χ0) is 27.9. The predicted molar refractivity (Wildman–Crippen MR) is 136 cm³/mol. The number of piperidine rings is 1. The fraction of sp³-hybridized carbons (Fsp3) is 0.423. The van der Waals surface area contributed by atoms with Gasteiger partial charge in [-0.15, -0.1) is 11.3 Å². The zero-order valence-electron chi connectivity index (χ0n) is 21.1. The van der Waals surface area contributed by atoms with Gasteiger partial charge in [-0.05, 0) is 44.9 Å². The molecule has 206 valence electrons. The van der Waals surface area contributed by atoms with E-state index in [1.807, 2.05) is 13.0 Å². The van der Waals surface area contributed by atoms with Gasteiger partial charge in [0, 0.05) is 65.1 Å². The molecule has 13 heteroatoms. The number of carbonyl (C=O) groups excluding carboxylic acids is 1. The largest absolute Gasteiger partial charge is 0.490 e. The maximum absolute atomic E-state index is 13.2. The van der Waals surface area contributed by atoms with E-state index in [0.717, 1.165) is 30.1 Å². The molecule has 2 aliphatic rings. The molecular weight excluding hydrogens is 535 g/mol. The Morgan fingerprint density at radius 3 is 2.33 bits per heavy atom. The molecular formula is C26H26F3N5O4S. The van der Waals surface area contributed by atoms with Crippen molar-refractivity contribution < 1.29 is 32.6 Å². The van der Waals surface area contributed by atoms with Gasteiger partial charge in [0.1, 0.15) is 16.9 Å². The standard InChI is InChI=1S/C26H26F3N5O4S/c1-13-10-30-23(39-13)16-5-15(22(35)33-14(2)17-11-31-24(32-12-17)26(27,28)29)6-20(7-16)38-21-8-18-3-4-19(9-21)34(18)25(36)37/h5-7,10-12,14,18-19,21H,3-4,8-9H2,1-2H3,(H,33,35)(H,36,37)/t14-,18-,19+,21+/m1/s1. The number of amides is 2. The van der Waals surface area contributed by atoms with Crippen molar-refractivity contribution in [3.63, 3.8) is 0 Å². The van der Waals surface area contributed by atoms with Crippen LogP contribution in [0.4, 0.5) is 18.0 Å². The summed E-state index contributed by atoms with van der Waals surface area (Å²) in [6.45, 7) is 3.55. The molecule has 4 atom stereocenters. The molecule has 0 radical (unpaired) electrons. The lowest BCUT2D eigenvalue weighted by atomic mass is 10.00. The van der Waals surface area contributed by atoms with Gasteiger partial charge in [0.05, 0.1) is 6.04 Å². The first-order valence-corrected chi connectivity index (χ1v) is 13.3. The molecule has 39 heavy (non-hydrogen) atoms. The van der Waals surface area contributed by atoms with Crippen LogP contribution in [0.15, 0.2) is 36.8 Å². The number of carbonyl (C=O) groups is 2. The third-order valence-electron chi connectivity index (χ3n) is 7.02. The summed E-state index contributed by atoms with van der Waals surface area (Å²) in [4.78, 5) is 38.6. The van der Waals surface area contributed by atoms with Gasteiger partial charge in [-0.1, -0.05) is 0 Å². The van der Waals surface area contributed by atoms with E-state index in [1.54, 1.807) is 25.3 Å². The average Bonchev–Trinajstić information content (AvgIpc) is 3.44. The normalized spacial score (nSPS) is 21.5. The number of benzene rings is 1. The van der Waals surface area contributed by atoms with E-state index in [2.05, 4.69) is 20.3 Å². The summed E-state index contributed by atoms with van der Waals surface area (Å²) < 4.78 is 44.7. The monoisotopic (exact) mass is 561 g/mol. The van der Waals surface area contributed by atoms with Crippen molar-refractivity contribution >= 4 is 23.3 Å². The summed E-state index contributed by atoms with van der Waals surface area (Å²) in [5, 5.41) is 13.0. The molecule has 2 saturated heterocycles. The van der Waals surface area contributed by atoms with E-state index in [9.17, 15) is 27.9 Å². The van der Waals surface area contributed by atoms with Crippen molar-refractivity contribution in [1.29, 1.82) is 0 Å². The van der Waals surface area contributed by atoms with E-state index in [-0.39, 0.29) is 18.2 Å². The van der Waals surface area contributed by atoms with E-state index in [1.165, 1.54) is 16.2 Å². The number of hydrogen-bond donors (Lipinski definition) is 2. The summed E-state index contributed by atoms with van der Waals surface area (Å²) >= 11 is 1.47. The predicted octanol–water partition coefficient (Wildman–Crippen LogP) is 5.47. The van der Waals surface area contributed by atoms with E-state index in [4.69, 9.17) is 4.74 Å². The first-order valence-electron chi connectivity index (χ1n) is 12.4. The Morgan fingerprint density at radius 2 is 1.77 bits per heavy atom. The number of nitrogens with zero attached hydrogens (tertiary/aromatic N) is 4. The number of halogens is 3. The zero-order valence-corrected chi connectivity index (χ0v) is 21.9. The van der Waals surface area contributed by atoms with Gasteiger partial charge in [-0.25, -0.2) is 19.7 Å². The molecule has 9 nitrogen and oxygen atoms in total. The van der Waals surface area contributed by atoms with Gasteiger partial charge >= 0.3 is 12.3 Å². The van der Waals surface area contributed by atoms with Gasteiger partial charge in [0.2, 0.25) is 5.82 Å². The average molecular weight is 562 g/mol. The first kappa shape index (κ1) is 26.9. The highest BCUT2D eigenvalue weighted by atomic mass is 32.1. The number of thiazole rings is 1. The number of alkyl halides is 3. The molecule has 1 aromatic carbocycles. The van der Waals surface area contributed by atoms with Crippen LogP contribution in [-0.4, -0.2) is 55.1 Å². The summed E-state index contributed by atoms with van der Waals surface area (Å²) in [5.74, 6) is -1.24. The number of hydrogen-bond acceptors (Lipinski definition) is 7. The van der Waals surface area contributed by atoms with E-state index >= 15 is 0 Å². The van der Waals surface area contributed by atoms with Gasteiger partial charge in [0.25, 0.3) is 5.91 Å². The second-order valence-electron chi connectivity index (χ2n) is 9.84. The smallest absolute Gasteiger partial charge is 0.451 e. The number of fused-ring (bicyclic) bond motifs is 2. The van der Waals surface area contributed by atoms with Crippen LogP contribution in [0.25, 0.3) is 10.6 Å². The minimum Gasteiger partial charge on any atom is -0.490 e. The van der Waals surface area contributed by atoms with E-state index < -0.39 is 30.0 Å². The van der Waals surface area contributed by atoms with Crippen LogP contribution in [0.5, 0.6) is 5.75 Å². The van der Waals surface area contributed by atoms with Crippen molar-refractivity contribution in [1.82, 2.24) is 25.2 Å². The van der Waals surface area contributed by atoms with Crippen molar-refractivity contribution in [2.24, 2.45) is 0 Å². The Bertz CT molecular complexity index is 1370. The van der Waals surface area contributed by atoms with Crippen LogP contribution in [0, 0.1) is 6.92 Å². The third kappa shape index (κ3) is 5.82. The Balaban J connectivity index is 1.36. The molecule has 2 bridgehead atoms. The van der Waals surface area contributed by atoms with Crippen LogP contribution in [0.1, 0.15) is 65.3 Å². The molecule has 4 heterocycles. The van der Waals surface area contributed by atoms with Crippen molar-refractivity contribution in [2.75, 3.05) is 0 Å². The Hall–Kier alpha value is -3.74. The molecule has 5 rings (SSSR count). The fourth-order valence-electron chi connectivity index (χ4n) is 5.21. The molecule has 0 saturated carbocycles.